The molecule has 6 heterocycles. The first kappa shape index (κ1) is 40.5. The number of aliphatic hydroxyl groups is 1. The maximum Gasteiger partial charge on any atom is 0.222 e. The fourth-order valence-corrected chi connectivity index (χ4v) is 12.1. The highest BCUT2D eigenvalue weighted by molar-refractivity contribution is 8.02. The first-order valence-electron chi connectivity index (χ1n) is 19.0. The number of aliphatic hydroxyl groups excluding tert-OH is 1. The Balaban J connectivity index is 0.000000165. The average molecular weight is 873 g/mol. The van der Waals surface area contributed by atoms with E-state index in [1.807, 2.05) is 54.2 Å². The summed E-state index contributed by atoms with van der Waals surface area (Å²) >= 11 is 11.3. The van der Waals surface area contributed by atoms with Gasteiger partial charge in [-0.25, -0.2) is 24.9 Å². The summed E-state index contributed by atoms with van der Waals surface area (Å²) in [6, 6.07) is 13.7. The number of hydrogen-bond acceptors (Lipinski definition) is 15. The SMILES string of the molecule is COCCCS(=O)c1sc2nc(-c3cccnc3)nc(C3CC3)c2c1N.Nc1c(SC2CCC2)sc2nc(-c3cnc(NCCO)nc3)cc(-c3cccc(Cl)c3)c12. The summed E-state index contributed by atoms with van der Waals surface area (Å²) in [5, 5.41) is 15.1. The number of nitrogens with two attached hydrogens (primary N) is 2. The van der Waals surface area contributed by atoms with Crippen molar-refractivity contribution in [3.8, 4) is 33.8 Å². The number of hydrogen-bond donors (Lipinski definition) is 4. The zero-order valence-corrected chi connectivity index (χ0v) is 35.7. The number of fused-ring (bicyclic) bond motifs is 2. The number of thiophene rings is 2. The van der Waals surface area contributed by atoms with Crippen molar-refractivity contribution in [3.63, 3.8) is 0 Å². The average Bonchev–Trinajstić information content (AvgIpc) is 3.96. The van der Waals surface area contributed by atoms with Crippen molar-refractivity contribution in [2.75, 3.05) is 49.4 Å². The van der Waals surface area contributed by atoms with Crippen molar-refractivity contribution in [2.24, 2.45) is 0 Å². The highest BCUT2D eigenvalue weighted by Crippen LogP contribution is 2.49. The summed E-state index contributed by atoms with van der Waals surface area (Å²) in [7, 11) is 0.499. The molecule has 0 aliphatic heterocycles. The molecule has 0 amide bonds. The molecular weight excluding hydrogens is 830 g/mol. The predicted octanol–water partition coefficient (Wildman–Crippen LogP) is 9.06. The van der Waals surface area contributed by atoms with Crippen molar-refractivity contribution in [1.82, 2.24) is 29.9 Å². The number of methoxy groups -OCH3 is 1. The molecule has 0 saturated heterocycles. The molecule has 0 bridgehead atoms. The molecule has 1 unspecified atom stereocenters. The van der Waals surface area contributed by atoms with E-state index in [2.05, 4.69) is 20.3 Å². The first-order chi connectivity index (χ1) is 28.3. The Morgan fingerprint density at radius 1 is 0.948 bits per heavy atom. The highest BCUT2D eigenvalue weighted by atomic mass is 35.5. The summed E-state index contributed by atoms with van der Waals surface area (Å²) in [4.78, 5) is 29.0. The summed E-state index contributed by atoms with van der Waals surface area (Å²) < 4.78 is 19.6. The van der Waals surface area contributed by atoms with Gasteiger partial charge in [-0.15, -0.1) is 34.4 Å². The van der Waals surface area contributed by atoms with Gasteiger partial charge in [0.05, 0.1) is 49.8 Å². The fourth-order valence-electron chi connectivity index (χ4n) is 6.48. The van der Waals surface area contributed by atoms with E-state index in [4.69, 9.17) is 47.9 Å². The van der Waals surface area contributed by atoms with E-state index in [1.54, 1.807) is 43.2 Å². The van der Waals surface area contributed by atoms with E-state index in [1.165, 1.54) is 30.6 Å². The van der Waals surface area contributed by atoms with Crippen LogP contribution in [-0.2, 0) is 15.5 Å². The minimum Gasteiger partial charge on any atom is -0.397 e. The molecular formula is C41H42ClN9O3S4. The molecule has 6 aromatic heterocycles. The van der Waals surface area contributed by atoms with Gasteiger partial charge in [-0.2, -0.15) is 0 Å². The number of pyridine rings is 2. The van der Waals surface area contributed by atoms with Gasteiger partial charge in [0.1, 0.15) is 13.9 Å². The summed E-state index contributed by atoms with van der Waals surface area (Å²) in [5.41, 5.74) is 19.9. The normalized spacial score (nSPS) is 14.6. The number of halogens is 1. The lowest BCUT2D eigenvalue weighted by Crippen LogP contribution is -2.12. The van der Waals surface area contributed by atoms with Gasteiger partial charge < -0.3 is 26.6 Å². The van der Waals surface area contributed by atoms with Crippen LogP contribution in [0.5, 0.6) is 0 Å². The van der Waals surface area contributed by atoms with Crippen LogP contribution >= 0.6 is 46.0 Å². The molecule has 6 N–H and O–H groups in total. The third-order valence-electron chi connectivity index (χ3n) is 9.82. The van der Waals surface area contributed by atoms with Crippen LogP contribution in [0, 0.1) is 0 Å². The third kappa shape index (κ3) is 8.98. The van der Waals surface area contributed by atoms with Crippen LogP contribution in [-0.4, -0.2) is 77.1 Å². The van der Waals surface area contributed by atoms with Crippen molar-refractivity contribution in [1.29, 1.82) is 0 Å². The van der Waals surface area contributed by atoms with Gasteiger partial charge in [0.15, 0.2) is 5.82 Å². The van der Waals surface area contributed by atoms with Crippen LogP contribution in [0.1, 0.15) is 50.1 Å². The summed E-state index contributed by atoms with van der Waals surface area (Å²) in [6.45, 7) is 1.01. The number of benzene rings is 1. The Kier molecular flexibility index (Phi) is 12.8. The van der Waals surface area contributed by atoms with Crippen LogP contribution in [0.2, 0.25) is 5.02 Å². The molecule has 1 atom stereocenters. The lowest BCUT2D eigenvalue weighted by molar-refractivity contribution is 0.200. The van der Waals surface area contributed by atoms with E-state index in [0.717, 1.165) is 83.2 Å². The van der Waals surface area contributed by atoms with E-state index < -0.39 is 10.8 Å². The van der Waals surface area contributed by atoms with Crippen LogP contribution < -0.4 is 16.8 Å². The smallest absolute Gasteiger partial charge is 0.222 e. The Labute approximate surface area is 355 Å². The zero-order valence-electron chi connectivity index (χ0n) is 31.7. The quantitative estimate of drug-likeness (QED) is 0.0759. The lowest BCUT2D eigenvalue weighted by atomic mass is 10.00. The van der Waals surface area contributed by atoms with E-state index >= 15 is 0 Å². The molecule has 0 radical (unpaired) electrons. The van der Waals surface area contributed by atoms with Gasteiger partial charge in [-0.05, 0) is 73.6 Å². The molecule has 2 aliphatic rings. The minimum absolute atomic E-state index is 0.0212. The van der Waals surface area contributed by atoms with Gasteiger partial charge in [-0.1, -0.05) is 30.2 Å². The first-order valence-corrected chi connectivity index (χ1v) is 23.2. The van der Waals surface area contributed by atoms with Crippen molar-refractivity contribution >= 4 is 94.6 Å². The summed E-state index contributed by atoms with van der Waals surface area (Å²) in [6.07, 6.45) is 13.7. The van der Waals surface area contributed by atoms with Gasteiger partial charge in [-0.3, -0.25) is 9.19 Å². The standard InChI is InChI=1S/C23H22ClN5OS2.C18H20N4O2S2/c24-15-4-1-3-13(9-15)17-10-18(14-11-27-23(28-12-14)26-7-8-30)29-21-19(17)20(25)22(32-21)31-16-5-2-6-16;1-24-8-3-9-26(23)18-14(19)13-15(11-5-6-11)21-16(22-17(13)25-18)12-4-2-7-20-10-12/h1,3-4,9-12,16,30H,2,5-8,25H2,(H,26,27,28);2,4,7,10-11H,3,5-6,8-9,19H2,1H3. The lowest BCUT2D eigenvalue weighted by Gasteiger charge is -2.23. The number of nitrogens with zero attached hydrogens (tertiary/aromatic N) is 6. The third-order valence-corrected chi connectivity index (χ3v) is 15.7. The zero-order chi connectivity index (χ0) is 40.2. The van der Waals surface area contributed by atoms with Gasteiger partial charge in [0.25, 0.3) is 0 Å². The maximum atomic E-state index is 12.7. The second-order valence-electron chi connectivity index (χ2n) is 14.0. The number of nitrogen functional groups attached to an aromatic ring is 2. The molecule has 12 nitrogen and oxygen atoms in total. The topological polar surface area (TPSA) is 188 Å². The van der Waals surface area contributed by atoms with Crippen LogP contribution in [0.25, 0.3) is 54.2 Å². The molecule has 2 saturated carbocycles. The Morgan fingerprint density at radius 2 is 1.74 bits per heavy atom. The number of nitrogens with one attached hydrogen (secondary N) is 1. The molecule has 9 rings (SSSR count). The van der Waals surface area contributed by atoms with Gasteiger partial charge in [0.2, 0.25) is 5.95 Å². The van der Waals surface area contributed by atoms with E-state index in [-0.39, 0.29) is 6.61 Å². The number of aromatic nitrogens is 6. The Hall–Kier alpha value is -4.29. The van der Waals surface area contributed by atoms with Crippen molar-refractivity contribution < 1.29 is 14.1 Å². The number of anilines is 3. The van der Waals surface area contributed by atoms with Gasteiger partial charge in [0, 0.05) is 83.5 Å². The number of thioether (sulfide) groups is 1. The minimum atomic E-state index is -1.15. The Morgan fingerprint density at radius 3 is 2.43 bits per heavy atom. The molecule has 0 spiro atoms. The molecule has 7 aromatic rings. The predicted molar refractivity (Wildman–Crippen MR) is 239 cm³/mol. The molecule has 17 heteroatoms. The van der Waals surface area contributed by atoms with Crippen LogP contribution in [0.4, 0.5) is 17.3 Å². The second-order valence-corrected chi connectivity index (χ2v) is 19.8. The number of ether oxygens (including phenoxy) is 1. The fraction of sp³-hybridized carbons (Fsp3) is 0.317. The molecule has 300 valence electrons. The van der Waals surface area contributed by atoms with Crippen LogP contribution in [0.3, 0.4) is 0 Å². The highest BCUT2D eigenvalue weighted by Gasteiger charge is 2.31. The monoisotopic (exact) mass is 871 g/mol. The van der Waals surface area contributed by atoms with Crippen LogP contribution in [0.15, 0.2) is 75.7 Å². The van der Waals surface area contributed by atoms with E-state index in [9.17, 15) is 4.21 Å². The van der Waals surface area contributed by atoms with Crippen molar-refractivity contribution in [3.05, 3.63) is 78.0 Å². The molecule has 1 aromatic carbocycles. The van der Waals surface area contributed by atoms with Gasteiger partial charge >= 0.3 is 0 Å². The molecule has 2 aliphatic carbocycles. The Bertz CT molecular complexity index is 2560. The molecule has 58 heavy (non-hydrogen) atoms. The second kappa shape index (κ2) is 18.3. The largest absolute Gasteiger partial charge is 0.397 e. The van der Waals surface area contributed by atoms with E-state index in [0.29, 0.717) is 56.8 Å². The summed E-state index contributed by atoms with van der Waals surface area (Å²) in [5.74, 6) is 2.08. The number of rotatable bonds is 14. The van der Waals surface area contributed by atoms with Crippen molar-refractivity contribution in [2.45, 2.75) is 58.1 Å². The molecule has 2 fully saturated rings. The maximum absolute atomic E-state index is 12.7.